The summed E-state index contributed by atoms with van der Waals surface area (Å²) in [5.74, 6) is 0. The zero-order valence-electron chi connectivity index (χ0n) is 7.71. The SMILES string of the molecule is C[C@@H](N)CCC1CCCN1C. The topological polar surface area (TPSA) is 29.3 Å². The van der Waals surface area contributed by atoms with Crippen LogP contribution in [0.5, 0.6) is 0 Å². The van der Waals surface area contributed by atoms with E-state index in [1.807, 2.05) is 0 Å². The molecule has 0 aromatic heterocycles. The van der Waals surface area contributed by atoms with Crippen molar-refractivity contribution in [2.75, 3.05) is 13.6 Å². The van der Waals surface area contributed by atoms with Crippen molar-refractivity contribution in [2.45, 2.75) is 44.7 Å². The Kier molecular flexibility index (Phi) is 3.34. The van der Waals surface area contributed by atoms with Crippen molar-refractivity contribution >= 4 is 0 Å². The maximum absolute atomic E-state index is 5.70. The third-order valence-electron chi connectivity index (χ3n) is 2.63. The minimum absolute atomic E-state index is 0.379. The summed E-state index contributed by atoms with van der Waals surface area (Å²) in [6.45, 7) is 3.37. The zero-order chi connectivity index (χ0) is 8.27. The molecule has 1 saturated heterocycles. The Morgan fingerprint density at radius 1 is 1.64 bits per heavy atom. The van der Waals surface area contributed by atoms with E-state index in [1.54, 1.807) is 0 Å². The molecule has 0 radical (unpaired) electrons. The summed E-state index contributed by atoms with van der Waals surface area (Å²) in [7, 11) is 2.22. The van der Waals surface area contributed by atoms with Crippen LogP contribution in [0.25, 0.3) is 0 Å². The van der Waals surface area contributed by atoms with Crippen molar-refractivity contribution in [2.24, 2.45) is 5.73 Å². The third-order valence-corrected chi connectivity index (χ3v) is 2.63. The molecule has 1 fully saturated rings. The van der Waals surface area contributed by atoms with Crippen LogP contribution < -0.4 is 5.73 Å². The largest absolute Gasteiger partial charge is 0.328 e. The monoisotopic (exact) mass is 156 g/mol. The lowest BCUT2D eigenvalue weighted by Gasteiger charge is -2.19. The predicted octanol–water partition coefficient (Wildman–Crippen LogP) is 1.21. The van der Waals surface area contributed by atoms with Crippen molar-refractivity contribution in [3.8, 4) is 0 Å². The summed E-state index contributed by atoms with van der Waals surface area (Å²) in [6.07, 6.45) is 5.21. The second kappa shape index (κ2) is 4.07. The first-order valence-electron chi connectivity index (χ1n) is 4.66. The number of nitrogens with two attached hydrogens (primary N) is 1. The Morgan fingerprint density at radius 3 is 2.82 bits per heavy atom. The molecule has 0 bridgehead atoms. The molecule has 1 unspecified atom stereocenters. The van der Waals surface area contributed by atoms with E-state index in [1.165, 1.54) is 32.2 Å². The third kappa shape index (κ3) is 2.80. The lowest BCUT2D eigenvalue weighted by molar-refractivity contribution is 0.287. The van der Waals surface area contributed by atoms with Crippen LogP contribution in [0.15, 0.2) is 0 Å². The smallest absolute Gasteiger partial charge is 0.00932 e. The fraction of sp³-hybridized carbons (Fsp3) is 1.00. The zero-order valence-corrected chi connectivity index (χ0v) is 7.71. The molecule has 11 heavy (non-hydrogen) atoms. The number of rotatable bonds is 3. The number of likely N-dealkylation sites (tertiary alicyclic amines) is 1. The molecule has 1 aliphatic heterocycles. The maximum Gasteiger partial charge on any atom is 0.00932 e. The quantitative estimate of drug-likeness (QED) is 0.665. The van der Waals surface area contributed by atoms with Gasteiger partial charge in [0, 0.05) is 12.1 Å². The van der Waals surface area contributed by atoms with Crippen LogP contribution in [0.3, 0.4) is 0 Å². The van der Waals surface area contributed by atoms with Crippen LogP contribution in [0.1, 0.15) is 32.6 Å². The Labute approximate surface area is 69.8 Å². The maximum atomic E-state index is 5.70. The molecule has 1 rings (SSSR count). The summed E-state index contributed by atoms with van der Waals surface area (Å²) in [6, 6.07) is 1.20. The van der Waals surface area contributed by atoms with E-state index < -0.39 is 0 Å². The average Bonchev–Trinajstić information content (AvgIpc) is 2.31. The molecule has 0 amide bonds. The highest BCUT2D eigenvalue weighted by Gasteiger charge is 2.20. The molecule has 66 valence electrons. The minimum Gasteiger partial charge on any atom is -0.328 e. The van der Waals surface area contributed by atoms with Gasteiger partial charge in [-0.25, -0.2) is 0 Å². The molecule has 0 aromatic carbocycles. The summed E-state index contributed by atoms with van der Waals surface area (Å²) < 4.78 is 0. The van der Waals surface area contributed by atoms with Crippen LogP contribution in [0.2, 0.25) is 0 Å². The number of hydrogen-bond donors (Lipinski definition) is 1. The molecule has 0 aromatic rings. The Morgan fingerprint density at radius 2 is 2.36 bits per heavy atom. The second-order valence-corrected chi connectivity index (χ2v) is 3.83. The molecule has 0 spiro atoms. The van der Waals surface area contributed by atoms with Crippen molar-refractivity contribution in [1.29, 1.82) is 0 Å². The van der Waals surface area contributed by atoms with Crippen LogP contribution in [-0.2, 0) is 0 Å². The molecule has 2 nitrogen and oxygen atoms in total. The van der Waals surface area contributed by atoms with Crippen molar-refractivity contribution in [1.82, 2.24) is 4.90 Å². The van der Waals surface area contributed by atoms with Gasteiger partial charge in [0.1, 0.15) is 0 Å². The molecule has 1 heterocycles. The van der Waals surface area contributed by atoms with Crippen molar-refractivity contribution < 1.29 is 0 Å². The van der Waals surface area contributed by atoms with Crippen LogP contribution in [-0.4, -0.2) is 30.6 Å². The van der Waals surface area contributed by atoms with Gasteiger partial charge in [-0.1, -0.05) is 0 Å². The van der Waals surface area contributed by atoms with Gasteiger partial charge < -0.3 is 10.6 Å². The normalized spacial score (nSPS) is 29.2. The highest BCUT2D eigenvalue weighted by molar-refractivity contribution is 4.76. The van der Waals surface area contributed by atoms with Gasteiger partial charge in [0.2, 0.25) is 0 Å². The lowest BCUT2D eigenvalue weighted by Crippen LogP contribution is -2.27. The first-order valence-corrected chi connectivity index (χ1v) is 4.66. The van der Waals surface area contributed by atoms with Gasteiger partial charge in [-0.3, -0.25) is 0 Å². The van der Waals surface area contributed by atoms with Gasteiger partial charge in [0.25, 0.3) is 0 Å². The predicted molar refractivity (Wildman–Crippen MR) is 48.5 cm³/mol. The fourth-order valence-electron chi connectivity index (χ4n) is 1.80. The summed E-state index contributed by atoms with van der Waals surface area (Å²) in [5.41, 5.74) is 5.70. The molecule has 2 heteroatoms. The Hall–Kier alpha value is -0.0800. The summed E-state index contributed by atoms with van der Waals surface area (Å²) in [5, 5.41) is 0. The highest BCUT2D eigenvalue weighted by atomic mass is 15.1. The average molecular weight is 156 g/mol. The molecule has 2 N–H and O–H groups in total. The van der Waals surface area contributed by atoms with Crippen LogP contribution in [0, 0.1) is 0 Å². The van der Waals surface area contributed by atoms with E-state index in [0.29, 0.717) is 6.04 Å². The van der Waals surface area contributed by atoms with Crippen LogP contribution in [0.4, 0.5) is 0 Å². The van der Waals surface area contributed by atoms with Crippen molar-refractivity contribution in [3.05, 3.63) is 0 Å². The van der Waals surface area contributed by atoms with E-state index in [9.17, 15) is 0 Å². The molecular formula is C9H20N2. The van der Waals surface area contributed by atoms with Gasteiger partial charge in [-0.15, -0.1) is 0 Å². The van der Waals surface area contributed by atoms with Gasteiger partial charge in [-0.2, -0.15) is 0 Å². The molecule has 0 saturated carbocycles. The first-order chi connectivity index (χ1) is 5.20. The molecular weight excluding hydrogens is 136 g/mol. The molecule has 1 aliphatic rings. The Bertz CT molecular complexity index is 112. The second-order valence-electron chi connectivity index (χ2n) is 3.83. The first kappa shape index (κ1) is 9.01. The van der Waals surface area contributed by atoms with Crippen LogP contribution >= 0.6 is 0 Å². The summed E-state index contributed by atoms with van der Waals surface area (Å²) >= 11 is 0. The fourth-order valence-corrected chi connectivity index (χ4v) is 1.80. The van der Waals surface area contributed by atoms with Gasteiger partial charge in [0.15, 0.2) is 0 Å². The summed E-state index contributed by atoms with van der Waals surface area (Å²) in [4.78, 5) is 2.46. The molecule has 2 atom stereocenters. The van der Waals surface area contributed by atoms with Gasteiger partial charge in [-0.05, 0) is 46.2 Å². The van der Waals surface area contributed by atoms with E-state index in [2.05, 4.69) is 18.9 Å². The lowest BCUT2D eigenvalue weighted by atomic mass is 10.1. The van der Waals surface area contributed by atoms with Gasteiger partial charge in [0.05, 0.1) is 0 Å². The molecule has 0 aliphatic carbocycles. The standard InChI is InChI=1S/C9H20N2/c1-8(10)5-6-9-4-3-7-11(9)2/h8-9H,3-7,10H2,1-2H3/t8-,9?/m1/s1. The van der Waals surface area contributed by atoms with E-state index in [-0.39, 0.29) is 0 Å². The number of hydrogen-bond acceptors (Lipinski definition) is 2. The van der Waals surface area contributed by atoms with E-state index in [0.717, 1.165) is 6.04 Å². The number of nitrogens with zero attached hydrogens (tertiary/aromatic N) is 1. The van der Waals surface area contributed by atoms with Gasteiger partial charge >= 0.3 is 0 Å². The van der Waals surface area contributed by atoms with E-state index in [4.69, 9.17) is 5.73 Å². The highest BCUT2D eigenvalue weighted by Crippen LogP contribution is 2.19. The Balaban J connectivity index is 2.15. The van der Waals surface area contributed by atoms with Crippen molar-refractivity contribution in [3.63, 3.8) is 0 Å². The van der Waals surface area contributed by atoms with E-state index >= 15 is 0 Å². The minimum atomic E-state index is 0.379.